The first-order valence-electron chi connectivity index (χ1n) is 5.50. The second-order valence-electron chi connectivity index (χ2n) is 6.04. The number of hydrogen-bond acceptors (Lipinski definition) is 0. The Balaban J connectivity index is 0. The van der Waals surface area contributed by atoms with Gasteiger partial charge in [0.2, 0.25) is 0 Å². The Bertz CT molecular complexity index is 188. The van der Waals surface area contributed by atoms with Crippen LogP contribution in [0.15, 0.2) is 11.6 Å². The van der Waals surface area contributed by atoms with Crippen LogP contribution in [0.25, 0.3) is 0 Å². The van der Waals surface area contributed by atoms with Crippen molar-refractivity contribution >= 4 is 0 Å². The second kappa shape index (κ2) is 7.22. The Morgan fingerprint density at radius 3 is 1.87 bits per heavy atom. The maximum atomic E-state index is 3.99. The Labute approximate surface area is 122 Å². The molecule has 0 aliphatic rings. The van der Waals surface area contributed by atoms with Gasteiger partial charge in [0.15, 0.2) is 0 Å². The van der Waals surface area contributed by atoms with E-state index in [1.165, 1.54) is 5.57 Å². The molecule has 0 aromatic carbocycles. The van der Waals surface area contributed by atoms with E-state index in [1.807, 2.05) is 0 Å². The van der Waals surface area contributed by atoms with Gasteiger partial charge >= 0.3 is 0 Å². The number of rotatable bonds is 3. The molecule has 0 aromatic rings. The summed E-state index contributed by atoms with van der Waals surface area (Å²) in [7, 11) is 0. The summed E-state index contributed by atoms with van der Waals surface area (Å²) >= 11 is 0. The average molecular weight is 283 g/mol. The van der Waals surface area contributed by atoms with Crippen LogP contribution >= 0.6 is 0 Å². The first-order valence-corrected chi connectivity index (χ1v) is 5.50. The van der Waals surface area contributed by atoms with Gasteiger partial charge in [-0.3, -0.25) is 0 Å². The van der Waals surface area contributed by atoms with E-state index < -0.39 is 0 Å². The van der Waals surface area contributed by atoms with Crippen LogP contribution in [-0.4, -0.2) is 0 Å². The zero-order valence-electron chi connectivity index (χ0n) is 11.4. The third-order valence-corrected chi connectivity index (χ3v) is 2.33. The van der Waals surface area contributed by atoms with Crippen LogP contribution < -0.4 is 0 Å². The molecule has 0 fully saturated rings. The van der Waals surface area contributed by atoms with Crippen LogP contribution in [0.5, 0.6) is 0 Å². The molecule has 0 heterocycles. The zero-order chi connectivity index (χ0) is 11.4. The smallest absolute Gasteiger partial charge is 0 e. The van der Waals surface area contributed by atoms with Gasteiger partial charge < -0.3 is 13.3 Å². The summed E-state index contributed by atoms with van der Waals surface area (Å²) in [6.07, 6.45) is 6.67. The van der Waals surface area contributed by atoms with E-state index in [0.717, 1.165) is 12.8 Å². The molecule has 0 N–H and O–H groups in total. The first kappa shape index (κ1) is 18.2. The van der Waals surface area contributed by atoms with Gasteiger partial charge in [-0.05, 0) is 5.41 Å². The summed E-state index contributed by atoms with van der Waals surface area (Å²) in [4.78, 5) is 0. The summed E-state index contributed by atoms with van der Waals surface area (Å²) in [5, 5.41) is 0. The van der Waals surface area contributed by atoms with E-state index >= 15 is 0 Å². The summed E-state index contributed by atoms with van der Waals surface area (Å²) in [6, 6.07) is 0. The quantitative estimate of drug-likeness (QED) is 0.514. The minimum atomic E-state index is 0. The molecule has 15 heavy (non-hydrogen) atoms. The van der Waals surface area contributed by atoms with Crippen molar-refractivity contribution < 1.29 is 32.7 Å². The minimum Gasteiger partial charge on any atom is -0.339 e. The van der Waals surface area contributed by atoms with Gasteiger partial charge in [0, 0.05) is 32.7 Å². The predicted octanol–water partition coefficient (Wildman–Crippen LogP) is 4.82. The van der Waals surface area contributed by atoms with E-state index in [4.69, 9.17) is 0 Å². The van der Waals surface area contributed by atoms with Crippen molar-refractivity contribution in [3.63, 3.8) is 0 Å². The van der Waals surface area contributed by atoms with Crippen molar-refractivity contribution in [2.75, 3.05) is 0 Å². The Kier molecular flexibility index (Phi) is 8.77. The molecule has 0 atom stereocenters. The summed E-state index contributed by atoms with van der Waals surface area (Å²) in [5.41, 5.74) is 2.05. The summed E-state index contributed by atoms with van der Waals surface area (Å²) in [5.74, 6) is 0. The normalized spacial score (nSPS) is 13.7. The second-order valence-corrected chi connectivity index (χ2v) is 6.04. The molecule has 1 radical (unpaired) electrons. The molecular formula is C14H26Y-2. The van der Waals surface area contributed by atoms with E-state index in [9.17, 15) is 0 Å². The van der Waals surface area contributed by atoms with Gasteiger partial charge in [0.1, 0.15) is 0 Å². The molecule has 0 rings (SSSR count). The van der Waals surface area contributed by atoms with Crippen molar-refractivity contribution in [1.29, 1.82) is 0 Å². The van der Waals surface area contributed by atoms with Crippen molar-refractivity contribution in [2.45, 2.75) is 54.4 Å². The topological polar surface area (TPSA) is 0 Å². The number of hydrogen-bond donors (Lipinski definition) is 0. The molecule has 0 aliphatic carbocycles. The Morgan fingerprint density at radius 2 is 1.60 bits per heavy atom. The van der Waals surface area contributed by atoms with E-state index in [-0.39, 0.29) is 38.1 Å². The minimum absolute atomic E-state index is 0. The van der Waals surface area contributed by atoms with Crippen LogP contribution in [0.1, 0.15) is 54.4 Å². The maximum absolute atomic E-state index is 3.99. The molecule has 0 unspecified atom stereocenters. The molecule has 1 heteroatoms. The Hall–Kier alpha value is 0.844. The molecule has 0 nitrogen and oxygen atoms in total. The first-order chi connectivity index (χ1) is 6.17. The van der Waals surface area contributed by atoms with Crippen LogP contribution in [0.3, 0.4) is 0 Å². The van der Waals surface area contributed by atoms with Gasteiger partial charge in [0.05, 0.1) is 0 Å². The standard InChI is InChI=1S/C14H26.Y/c1-8-12(14(5,6)7)10-9-11-13(2,3)4;/h10-11H,1,8-9H2,2-7H3;/q-2;/b12-10+;. The SMILES string of the molecule is [CH2-]C/C(=C\C[CH-]C(C)(C)C)C(C)(C)C.[Y]. The van der Waals surface area contributed by atoms with Crippen LogP contribution in [-0.2, 0) is 32.7 Å². The third kappa shape index (κ3) is 9.75. The largest absolute Gasteiger partial charge is 0.339 e. The van der Waals surface area contributed by atoms with Crippen LogP contribution in [0.4, 0.5) is 0 Å². The summed E-state index contributed by atoms with van der Waals surface area (Å²) < 4.78 is 0. The average Bonchev–Trinajstić information content (AvgIpc) is 1.93. The van der Waals surface area contributed by atoms with Crippen LogP contribution in [0.2, 0.25) is 0 Å². The number of allylic oxidation sites excluding steroid dienone is 2. The zero-order valence-corrected chi connectivity index (χ0v) is 14.2. The van der Waals surface area contributed by atoms with Crippen molar-refractivity contribution in [3.8, 4) is 0 Å². The van der Waals surface area contributed by atoms with Crippen molar-refractivity contribution in [1.82, 2.24) is 0 Å². The third-order valence-electron chi connectivity index (χ3n) is 2.33. The van der Waals surface area contributed by atoms with Gasteiger partial charge in [-0.15, -0.1) is 11.6 Å². The molecule has 0 aliphatic heterocycles. The maximum Gasteiger partial charge on any atom is 0 e. The molecule has 0 spiro atoms. The Morgan fingerprint density at radius 1 is 1.13 bits per heavy atom. The monoisotopic (exact) mass is 283 g/mol. The van der Waals surface area contributed by atoms with Gasteiger partial charge in [-0.25, -0.2) is 0 Å². The van der Waals surface area contributed by atoms with Crippen molar-refractivity contribution in [3.05, 3.63) is 25.0 Å². The van der Waals surface area contributed by atoms with Crippen molar-refractivity contribution in [2.24, 2.45) is 10.8 Å². The summed E-state index contributed by atoms with van der Waals surface area (Å²) in [6.45, 7) is 17.5. The molecule has 87 valence electrons. The molecule has 0 saturated carbocycles. The van der Waals surface area contributed by atoms with Gasteiger partial charge in [-0.2, -0.15) is 18.3 Å². The van der Waals surface area contributed by atoms with Gasteiger partial charge in [0.25, 0.3) is 0 Å². The molecule has 0 saturated heterocycles. The van der Waals surface area contributed by atoms with Gasteiger partial charge in [-0.1, -0.05) is 41.5 Å². The fraction of sp³-hybridized carbons (Fsp3) is 0.714. The van der Waals surface area contributed by atoms with E-state index in [2.05, 4.69) is 61.0 Å². The fourth-order valence-electron chi connectivity index (χ4n) is 1.34. The van der Waals surface area contributed by atoms with E-state index in [1.54, 1.807) is 0 Å². The molecular weight excluding hydrogens is 257 g/mol. The molecule has 0 bridgehead atoms. The van der Waals surface area contributed by atoms with E-state index in [0.29, 0.717) is 5.41 Å². The molecule has 0 amide bonds. The predicted molar refractivity (Wildman–Crippen MR) is 65.9 cm³/mol. The van der Waals surface area contributed by atoms with Crippen LogP contribution in [0, 0.1) is 24.2 Å². The molecule has 0 aromatic heterocycles. The fourth-order valence-corrected chi connectivity index (χ4v) is 1.34.